The van der Waals surface area contributed by atoms with Gasteiger partial charge in [0, 0.05) is 18.1 Å². The van der Waals surface area contributed by atoms with Crippen LogP contribution in [0.1, 0.15) is 5.82 Å². The molecule has 0 aliphatic rings. The topological polar surface area (TPSA) is 46.8 Å². The number of tetrazole rings is 1. The van der Waals surface area contributed by atoms with Crippen molar-refractivity contribution in [2.45, 2.75) is 6.54 Å². The first-order valence-corrected chi connectivity index (χ1v) is 7.84. The van der Waals surface area contributed by atoms with Crippen molar-refractivity contribution in [2.24, 2.45) is 0 Å². The van der Waals surface area contributed by atoms with Gasteiger partial charge in [-0.05, 0) is 34.0 Å². The number of anilines is 1. The highest BCUT2D eigenvalue weighted by atomic mass is 15.5. The molecule has 24 heavy (non-hydrogen) atoms. The van der Waals surface area contributed by atoms with E-state index in [-0.39, 0.29) is 0 Å². The molecule has 0 unspecified atom stereocenters. The van der Waals surface area contributed by atoms with E-state index in [1.165, 1.54) is 10.8 Å². The number of nitrogens with zero attached hydrogens (tertiary/aromatic N) is 5. The summed E-state index contributed by atoms with van der Waals surface area (Å²) < 4.78 is 1.78. The Morgan fingerprint density at radius 2 is 1.62 bits per heavy atom. The van der Waals surface area contributed by atoms with Crippen molar-refractivity contribution >= 4 is 16.5 Å². The minimum absolute atomic E-state index is 0.621. The van der Waals surface area contributed by atoms with Crippen molar-refractivity contribution in [3.8, 4) is 5.69 Å². The smallest absolute Gasteiger partial charge is 0.175 e. The largest absolute Gasteiger partial charge is 0.366 e. The van der Waals surface area contributed by atoms with Crippen LogP contribution in [0.15, 0.2) is 72.8 Å². The second-order valence-electron chi connectivity index (χ2n) is 5.70. The number of benzene rings is 3. The van der Waals surface area contributed by atoms with E-state index in [0.29, 0.717) is 6.54 Å². The third-order valence-electron chi connectivity index (χ3n) is 4.09. The van der Waals surface area contributed by atoms with Crippen molar-refractivity contribution < 1.29 is 0 Å². The molecule has 118 valence electrons. The monoisotopic (exact) mass is 315 g/mol. The normalized spacial score (nSPS) is 10.9. The molecule has 1 heterocycles. The van der Waals surface area contributed by atoms with Crippen molar-refractivity contribution in [1.82, 2.24) is 20.2 Å². The van der Waals surface area contributed by atoms with Crippen LogP contribution < -0.4 is 4.90 Å². The summed E-state index contributed by atoms with van der Waals surface area (Å²) in [4.78, 5) is 2.17. The molecule has 0 radical (unpaired) electrons. The van der Waals surface area contributed by atoms with Gasteiger partial charge in [-0.15, -0.1) is 5.10 Å². The first kappa shape index (κ1) is 14.4. The second kappa shape index (κ2) is 6.12. The van der Waals surface area contributed by atoms with E-state index in [1.54, 1.807) is 4.68 Å². The molecule has 3 aromatic carbocycles. The zero-order valence-corrected chi connectivity index (χ0v) is 13.4. The lowest BCUT2D eigenvalue weighted by atomic mass is 10.1. The highest BCUT2D eigenvalue weighted by Crippen LogP contribution is 2.26. The molecule has 4 aromatic rings. The van der Waals surface area contributed by atoms with Crippen molar-refractivity contribution in [2.75, 3.05) is 11.9 Å². The minimum atomic E-state index is 0.621. The van der Waals surface area contributed by atoms with Crippen molar-refractivity contribution in [3.05, 3.63) is 78.6 Å². The van der Waals surface area contributed by atoms with Crippen LogP contribution in [0, 0.1) is 0 Å². The van der Waals surface area contributed by atoms with Crippen LogP contribution in [-0.2, 0) is 6.54 Å². The highest BCUT2D eigenvalue weighted by molar-refractivity contribution is 5.94. The fraction of sp³-hybridized carbons (Fsp3) is 0.105. The first-order chi connectivity index (χ1) is 11.8. The first-order valence-electron chi connectivity index (χ1n) is 7.84. The van der Waals surface area contributed by atoms with Crippen LogP contribution in [-0.4, -0.2) is 27.3 Å². The van der Waals surface area contributed by atoms with Gasteiger partial charge in [0.15, 0.2) is 5.82 Å². The molecule has 0 spiro atoms. The molecule has 0 N–H and O–H groups in total. The Labute approximate surface area is 140 Å². The fourth-order valence-electron chi connectivity index (χ4n) is 2.91. The average Bonchev–Trinajstić information content (AvgIpc) is 3.10. The van der Waals surface area contributed by atoms with Crippen LogP contribution in [0.3, 0.4) is 0 Å². The van der Waals surface area contributed by atoms with Crippen molar-refractivity contribution in [3.63, 3.8) is 0 Å². The predicted molar refractivity (Wildman–Crippen MR) is 95.2 cm³/mol. The molecule has 0 saturated heterocycles. The summed E-state index contributed by atoms with van der Waals surface area (Å²) in [6, 6.07) is 24.7. The standard InChI is InChI=1S/C19H17N5/c1-23(18-13-7-9-15-8-5-6-12-17(15)18)14-19-20-21-22-24(19)16-10-3-2-4-11-16/h2-13H,14H2,1H3. The lowest BCUT2D eigenvalue weighted by Gasteiger charge is -2.20. The Bertz CT molecular complexity index is 956. The summed E-state index contributed by atoms with van der Waals surface area (Å²) in [5, 5.41) is 14.6. The number of rotatable bonds is 4. The summed E-state index contributed by atoms with van der Waals surface area (Å²) in [7, 11) is 2.06. The molecule has 0 aliphatic carbocycles. The molecule has 0 saturated carbocycles. The Morgan fingerprint density at radius 1 is 0.875 bits per heavy atom. The number of hydrogen-bond donors (Lipinski definition) is 0. The molecule has 0 atom stereocenters. The van der Waals surface area contributed by atoms with Crippen LogP contribution in [0.5, 0.6) is 0 Å². The summed E-state index contributed by atoms with van der Waals surface area (Å²) in [5.74, 6) is 0.802. The van der Waals surface area contributed by atoms with Crippen LogP contribution in [0.2, 0.25) is 0 Å². The van der Waals surface area contributed by atoms with Gasteiger partial charge in [-0.1, -0.05) is 54.6 Å². The lowest BCUT2D eigenvalue weighted by molar-refractivity contribution is 0.747. The fourth-order valence-corrected chi connectivity index (χ4v) is 2.91. The maximum atomic E-state index is 4.20. The maximum Gasteiger partial charge on any atom is 0.175 e. The number of hydrogen-bond acceptors (Lipinski definition) is 4. The molecular weight excluding hydrogens is 298 g/mol. The molecule has 1 aromatic heterocycles. The number of para-hydroxylation sites is 1. The Kier molecular flexibility index (Phi) is 3.67. The zero-order valence-electron chi connectivity index (χ0n) is 13.4. The number of fused-ring (bicyclic) bond motifs is 1. The van der Waals surface area contributed by atoms with E-state index >= 15 is 0 Å². The third kappa shape index (κ3) is 2.60. The van der Waals surface area contributed by atoms with E-state index in [9.17, 15) is 0 Å². The molecule has 0 fully saturated rings. The van der Waals surface area contributed by atoms with Crippen LogP contribution in [0.4, 0.5) is 5.69 Å². The second-order valence-corrected chi connectivity index (χ2v) is 5.70. The average molecular weight is 315 g/mol. The van der Waals surface area contributed by atoms with E-state index in [2.05, 4.69) is 69.9 Å². The van der Waals surface area contributed by atoms with Gasteiger partial charge in [0.1, 0.15) is 0 Å². The van der Waals surface area contributed by atoms with Gasteiger partial charge in [0.25, 0.3) is 0 Å². The van der Waals surface area contributed by atoms with E-state index in [4.69, 9.17) is 0 Å². The van der Waals surface area contributed by atoms with Gasteiger partial charge in [-0.2, -0.15) is 4.68 Å². The summed E-state index contributed by atoms with van der Waals surface area (Å²) in [6.45, 7) is 0.621. The highest BCUT2D eigenvalue weighted by Gasteiger charge is 2.12. The van der Waals surface area contributed by atoms with Gasteiger partial charge in [0.2, 0.25) is 0 Å². The minimum Gasteiger partial charge on any atom is -0.366 e. The van der Waals surface area contributed by atoms with Gasteiger partial charge in [0.05, 0.1) is 12.2 Å². The molecular formula is C19H17N5. The quantitative estimate of drug-likeness (QED) is 0.579. The van der Waals surface area contributed by atoms with Crippen LogP contribution >= 0.6 is 0 Å². The lowest BCUT2D eigenvalue weighted by Crippen LogP contribution is -2.20. The third-order valence-corrected chi connectivity index (χ3v) is 4.09. The van der Waals surface area contributed by atoms with Gasteiger partial charge in [-0.3, -0.25) is 0 Å². The van der Waals surface area contributed by atoms with Crippen LogP contribution in [0.25, 0.3) is 16.5 Å². The predicted octanol–water partition coefficient (Wildman–Crippen LogP) is 3.45. The molecule has 0 amide bonds. The van der Waals surface area contributed by atoms with Gasteiger partial charge < -0.3 is 4.90 Å². The van der Waals surface area contributed by atoms with Gasteiger partial charge >= 0.3 is 0 Å². The molecule has 0 aliphatic heterocycles. The molecule has 4 rings (SSSR count). The Hall–Kier alpha value is -3.21. The van der Waals surface area contributed by atoms with E-state index in [0.717, 1.165) is 17.2 Å². The zero-order chi connectivity index (χ0) is 16.4. The molecule has 0 bridgehead atoms. The Morgan fingerprint density at radius 3 is 2.50 bits per heavy atom. The summed E-state index contributed by atoms with van der Waals surface area (Å²) in [6.07, 6.45) is 0. The Balaban J connectivity index is 1.68. The molecule has 5 nitrogen and oxygen atoms in total. The van der Waals surface area contributed by atoms with Crippen molar-refractivity contribution in [1.29, 1.82) is 0 Å². The SMILES string of the molecule is CN(Cc1nnnn1-c1ccccc1)c1cccc2ccccc12. The summed E-state index contributed by atoms with van der Waals surface area (Å²) in [5.41, 5.74) is 2.12. The summed E-state index contributed by atoms with van der Waals surface area (Å²) >= 11 is 0. The van der Waals surface area contributed by atoms with E-state index in [1.807, 2.05) is 30.3 Å². The van der Waals surface area contributed by atoms with Gasteiger partial charge in [-0.25, -0.2) is 0 Å². The maximum absolute atomic E-state index is 4.20. The van der Waals surface area contributed by atoms with E-state index < -0.39 is 0 Å². The molecule has 5 heteroatoms. The number of aromatic nitrogens is 4.